The summed E-state index contributed by atoms with van der Waals surface area (Å²) in [4.78, 5) is 12.8. The lowest BCUT2D eigenvalue weighted by Crippen LogP contribution is -2.15. The highest BCUT2D eigenvalue weighted by Crippen LogP contribution is 2.61. The molecule has 5 rings (SSSR count). The van der Waals surface area contributed by atoms with Crippen LogP contribution in [-0.2, 0) is 0 Å². The van der Waals surface area contributed by atoms with Crippen molar-refractivity contribution < 1.29 is 18.3 Å². The fraction of sp³-hybridized carbons (Fsp3) is 0.286. The quantitative estimate of drug-likeness (QED) is 0.664. The number of hydrogen-bond acceptors (Lipinski definition) is 2. The van der Waals surface area contributed by atoms with Gasteiger partial charge in [0.05, 0.1) is 0 Å². The Morgan fingerprint density at radius 3 is 2.85 bits per heavy atom. The van der Waals surface area contributed by atoms with Crippen molar-refractivity contribution in [3.05, 3.63) is 69.2 Å². The van der Waals surface area contributed by atoms with Crippen molar-refractivity contribution >= 4 is 23.5 Å². The SMILES string of the molecule is O=C1C[C@H]2CC(c3c(OC(F)F)cccc31)C1C2=Cc2ccc(Cl)cc21. The molecular weight excluding hydrogens is 358 g/mol. The van der Waals surface area contributed by atoms with Crippen LogP contribution >= 0.6 is 11.6 Å². The highest BCUT2D eigenvalue weighted by Gasteiger charge is 2.48. The van der Waals surface area contributed by atoms with Gasteiger partial charge in [0, 0.05) is 28.5 Å². The second-order valence-corrected chi connectivity index (χ2v) is 7.59. The van der Waals surface area contributed by atoms with E-state index in [0.717, 1.165) is 17.5 Å². The Bertz CT molecular complexity index is 966. The Kier molecular flexibility index (Phi) is 3.48. The fourth-order valence-electron chi connectivity index (χ4n) is 4.98. The number of alkyl halides is 2. The molecule has 26 heavy (non-hydrogen) atoms. The predicted octanol–water partition coefficient (Wildman–Crippen LogP) is 5.81. The molecule has 0 aromatic heterocycles. The number of carbonyl (C=O) groups is 1. The minimum atomic E-state index is -2.92. The van der Waals surface area contributed by atoms with Crippen molar-refractivity contribution in [2.24, 2.45) is 5.92 Å². The standard InChI is InChI=1S/C21H15ClF2O2/c22-12-5-4-10-6-14-11-7-16(19(14)15(10)9-12)20-13(17(25)8-11)2-1-3-18(20)26-21(23)24/h1-6,9,11,16,19,21H,7-8H2/t11-,16?,19?/m1/s1. The maximum absolute atomic E-state index is 13.0. The summed E-state index contributed by atoms with van der Waals surface area (Å²) in [5.41, 5.74) is 4.59. The molecule has 0 aliphatic heterocycles. The van der Waals surface area contributed by atoms with Crippen LogP contribution in [0.2, 0.25) is 5.02 Å². The summed E-state index contributed by atoms with van der Waals surface area (Å²) >= 11 is 6.21. The molecule has 2 unspecified atom stereocenters. The van der Waals surface area contributed by atoms with Gasteiger partial charge in [-0.3, -0.25) is 4.79 Å². The number of carbonyl (C=O) groups excluding carboxylic acids is 1. The van der Waals surface area contributed by atoms with Crippen molar-refractivity contribution in [2.45, 2.75) is 31.3 Å². The highest BCUT2D eigenvalue weighted by molar-refractivity contribution is 6.30. The molecule has 0 spiro atoms. The average Bonchev–Trinajstić information content (AvgIpc) is 3.07. The van der Waals surface area contributed by atoms with Gasteiger partial charge in [0.15, 0.2) is 5.78 Å². The van der Waals surface area contributed by atoms with Gasteiger partial charge in [-0.25, -0.2) is 0 Å². The van der Waals surface area contributed by atoms with Gasteiger partial charge in [0.2, 0.25) is 0 Å². The number of rotatable bonds is 2. The molecule has 2 nitrogen and oxygen atoms in total. The van der Waals surface area contributed by atoms with Gasteiger partial charge in [-0.05, 0) is 47.6 Å². The first kappa shape index (κ1) is 16.0. The summed E-state index contributed by atoms with van der Waals surface area (Å²) in [6, 6.07) is 10.7. The number of benzene rings is 2. The summed E-state index contributed by atoms with van der Waals surface area (Å²) in [6.07, 6.45) is 3.33. The fourth-order valence-corrected chi connectivity index (χ4v) is 5.16. The zero-order valence-corrected chi connectivity index (χ0v) is 14.5. The van der Waals surface area contributed by atoms with E-state index in [0.29, 0.717) is 22.6 Å². The number of Topliss-reactive ketones (excluding diaryl/α,β-unsaturated/α-hetero) is 1. The number of ketones is 1. The van der Waals surface area contributed by atoms with Crippen LogP contribution in [0.4, 0.5) is 8.78 Å². The molecular formula is C21H15ClF2O2. The minimum absolute atomic E-state index is 0.000514. The zero-order chi connectivity index (χ0) is 18.0. The average molecular weight is 373 g/mol. The Hall–Kier alpha value is -2.20. The molecule has 0 saturated heterocycles. The van der Waals surface area contributed by atoms with E-state index in [4.69, 9.17) is 16.3 Å². The van der Waals surface area contributed by atoms with E-state index in [1.165, 1.54) is 11.6 Å². The van der Waals surface area contributed by atoms with E-state index >= 15 is 0 Å². The Balaban J connectivity index is 1.71. The van der Waals surface area contributed by atoms with E-state index < -0.39 is 6.61 Å². The van der Waals surface area contributed by atoms with Crippen molar-refractivity contribution in [3.8, 4) is 5.75 Å². The molecule has 0 heterocycles. The smallest absolute Gasteiger partial charge is 0.387 e. The minimum Gasteiger partial charge on any atom is -0.435 e. The summed E-state index contributed by atoms with van der Waals surface area (Å²) in [5.74, 6) is 0.273. The van der Waals surface area contributed by atoms with Gasteiger partial charge >= 0.3 is 6.61 Å². The second kappa shape index (κ2) is 5.65. The first-order valence-corrected chi connectivity index (χ1v) is 9.02. The zero-order valence-electron chi connectivity index (χ0n) is 13.7. The number of fused-ring (bicyclic) bond motifs is 9. The van der Waals surface area contributed by atoms with Crippen LogP contribution in [0.1, 0.15) is 51.7 Å². The van der Waals surface area contributed by atoms with Crippen molar-refractivity contribution in [1.82, 2.24) is 0 Å². The van der Waals surface area contributed by atoms with E-state index in [2.05, 4.69) is 6.08 Å². The predicted molar refractivity (Wildman–Crippen MR) is 95.0 cm³/mol. The van der Waals surface area contributed by atoms with Crippen molar-refractivity contribution in [1.29, 1.82) is 0 Å². The Morgan fingerprint density at radius 2 is 2.04 bits per heavy atom. The van der Waals surface area contributed by atoms with Crippen LogP contribution in [0, 0.1) is 5.92 Å². The molecule has 132 valence electrons. The van der Waals surface area contributed by atoms with Gasteiger partial charge < -0.3 is 4.74 Å². The third-order valence-electron chi connectivity index (χ3n) is 5.86. The number of hydrogen-bond donors (Lipinski definition) is 0. The van der Waals surface area contributed by atoms with Crippen LogP contribution in [0.3, 0.4) is 0 Å². The number of allylic oxidation sites excluding steroid dienone is 1. The Morgan fingerprint density at radius 1 is 1.19 bits per heavy atom. The molecule has 2 aromatic carbocycles. The van der Waals surface area contributed by atoms with E-state index in [1.54, 1.807) is 12.1 Å². The van der Waals surface area contributed by atoms with Gasteiger partial charge in [-0.1, -0.05) is 41.4 Å². The first-order valence-electron chi connectivity index (χ1n) is 8.65. The molecule has 0 N–H and O–H groups in total. The number of halogens is 3. The van der Waals surface area contributed by atoms with E-state index in [-0.39, 0.29) is 29.3 Å². The third kappa shape index (κ3) is 2.25. The third-order valence-corrected chi connectivity index (χ3v) is 6.10. The molecule has 2 aromatic rings. The van der Waals surface area contributed by atoms with Gasteiger partial charge in [0.25, 0.3) is 0 Å². The van der Waals surface area contributed by atoms with Crippen LogP contribution in [-0.4, -0.2) is 12.4 Å². The lowest BCUT2D eigenvalue weighted by atomic mass is 9.80. The molecule has 5 heteroatoms. The van der Waals surface area contributed by atoms with Crippen molar-refractivity contribution in [2.75, 3.05) is 0 Å². The van der Waals surface area contributed by atoms with Gasteiger partial charge in [-0.15, -0.1) is 0 Å². The topological polar surface area (TPSA) is 26.3 Å². The van der Waals surface area contributed by atoms with Gasteiger partial charge in [-0.2, -0.15) is 8.78 Å². The van der Waals surface area contributed by atoms with Crippen LogP contribution in [0.15, 0.2) is 42.0 Å². The van der Waals surface area contributed by atoms with E-state index in [1.807, 2.05) is 18.2 Å². The first-order chi connectivity index (χ1) is 12.5. The molecule has 2 bridgehead atoms. The van der Waals surface area contributed by atoms with Gasteiger partial charge in [0.1, 0.15) is 5.75 Å². The summed E-state index contributed by atoms with van der Waals surface area (Å²) < 4.78 is 30.7. The van der Waals surface area contributed by atoms with E-state index in [9.17, 15) is 13.6 Å². The monoisotopic (exact) mass is 372 g/mol. The molecule has 1 fully saturated rings. The Labute approximate surface area is 154 Å². The molecule has 0 amide bonds. The summed E-state index contributed by atoms with van der Waals surface area (Å²) in [7, 11) is 0. The molecule has 3 atom stereocenters. The molecule has 0 radical (unpaired) electrons. The number of ether oxygens (including phenoxy) is 1. The second-order valence-electron chi connectivity index (χ2n) is 7.16. The summed E-state index contributed by atoms with van der Waals surface area (Å²) in [5, 5.41) is 0.658. The largest absolute Gasteiger partial charge is 0.435 e. The maximum Gasteiger partial charge on any atom is 0.387 e. The highest BCUT2D eigenvalue weighted by atomic mass is 35.5. The molecule has 1 saturated carbocycles. The van der Waals surface area contributed by atoms with Crippen LogP contribution in [0.5, 0.6) is 5.75 Å². The van der Waals surface area contributed by atoms with Crippen LogP contribution in [0.25, 0.3) is 6.08 Å². The van der Waals surface area contributed by atoms with Crippen LogP contribution < -0.4 is 4.74 Å². The molecule has 3 aliphatic carbocycles. The normalized spacial score (nSPS) is 25.5. The van der Waals surface area contributed by atoms with Crippen molar-refractivity contribution in [3.63, 3.8) is 0 Å². The lowest BCUT2D eigenvalue weighted by molar-refractivity contribution is -0.0506. The molecule has 3 aliphatic rings. The lowest BCUT2D eigenvalue weighted by Gasteiger charge is -2.25. The summed E-state index contributed by atoms with van der Waals surface area (Å²) in [6.45, 7) is -2.92. The maximum atomic E-state index is 13.0.